The maximum absolute atomic E-state index is 11.1. The molecule has 0 amide bonds. The molecule has 3 nitrogen and oxygen atoms in total. The number of rotatable bonds is 6. The molecule has 0 radical (unpaired) electrons. The maximum Gasteiger partial charge on any atom is 0.310 e. The quantitative estimate of drug-likeness (QED) is 0.867. The number of benzene rings is 2. The fraction of sp³-hybridized carbons (Fsp3) is 0.235. The summed E-state index contributed by atoms with van der Waals surface area (Å²) < 4.78 is 5.67. The van der Waals surface area contributed by atoms with Crippen LogP contribution in [0.4, 0.5) is 0 Å². The fourth-order valence-electron chi connectivity index (χ4n) is 2.09. The van der Waals surface area contributed by atoms with Crippen LogP contribution in [0.5, 0.6) is 5.75 Å². The van der Waals surface area contributed by atoms with E-state index in [0.29, 0.717) is 13.0 Å². The molecule has 0 fully saturated rings. The Kier molecular flexibility index (Phi) is 4.77. The topological polar surface area (TPSA) is 46.5 Å². The number of ether oxygens (including phenoxy) is 1. The summed E-state index contributed by atoms with van der Waals surface area (Å²) in [6.45, 7) is 2.38. The fourth-order valence-corrected chi connectivity index (χ4v) is 2.09. The first kappa shape index (κ1) is 14.1. The van der Waals surface area contributed by atoms with Crippen LogP contribution in [-0.2, 0) is 11.4 Å². The van der Waals surface area contributed by atoms with Crippen molar-refractivity contribution in [2.75, 3.05) is 0 Å². The van der Waals surface area contributed by atoms with Crippen LogP contribution in [0.2, 0.25) is 0 Å². The zero-order chi connectivity index (χ0) is 14.4. The monoisotopic (exact) mass is 270 g/mol. The minimum atomic E-state index is -0.787. The van der Waals surface area contributed by atoms with Crippen LogP contribution in [0, 0.1) is 0 Å². The van der Waals surface area contributed by atoms with E-state index in [0.717, 1.165) is 16.9 Å². The van der Waals surface area contributed by atoms with Crippen LogP contribution in [-0.4, -0.2) is 11.1 Å². The second kappa shape index (κ2) is 6.75. The third-order valence-corrected chi connectivity index (χ3v) is 3.24. The van der Waals surface area contributed by atoms with Gasteiger partial charge in [0.2, 0.25) is 0 Å². The van der Waals surface area contributed by atoms with Crippen LogP contribution in [0.1, 0.15) is 30.4 Å². The number of hydrogen-bond acceptors (Lipinski definition) is 2. The van der Waals surface area contributed by atoms with Gasteiger partial charge in [-0.25, -0.2) is 0 Å². The molecule has 0 saturated heterocycles. The Morgan fingerprint density at radius 3 is 2.30 bits per heavy atom. The van der Waals surface area contributed by atoms with Gasteiger partial charge in [-0.1, -0.05) is 49.4 Å². The largest absolute Gasteiger partial charge is 0.489 e. The third kappa shape index (κ3) is 3.60. The molecule has 2 rings (SSSR count). The van der Waals surface area contributed by atoms with Gasteiger partial charge in [-0.05, 0) is 29.7 Å². The number of aliphatic carboxylic acids is 1. The van der Waals surface area contributed by atoms with E-state index < -0.39 is 11.9 Å². The average molecular weight is 270 g/mol. The Morgan fingerprint density at radius 2 is 1.75 bits per heavy atom. The standard InChI is InChI=1S/C17H18O3/c1-2-16(17(18)19)14-8-10-15(11-9-14)20-12-13-6-4-3-5-7-13/h3-11,16H,2,12H2,1H3,(H,18,19)/t16-/m0/s1. The molecule has 0 unspecified atom stereocenters. The van der Waals surface area contributed by atoms with Crippen LogP contribution >= 0.6 is 0 Å². The molecule has 0 spiro atoms. The molecule has 0 heterocycles. The Balaban J connectivity index is 2.00. The molecule has 3 heteroatoms. The maximum atomic E-state index is 11.1. The molecule has 2 aromatic rings. The lowest BCUT2D eigenvalue weighted by Gasteiger charge is -2.11. The minimum Gasteiger partial charge on any atom is -0.489 e. The van der Waals surface area contributed by atoms with E-state index >= 15 is 0 Å². The van der Waals surface area contributed by atoms with E-state index in [-0.39, 0.29) is 0 Å². The lowest BCUT2D eigenvalue weighted by molar-refractivity contribution is -0.138. The average Bonchev–Trinajstić information content (AvgIpc) is 2.48. The molecule has 2 aromatic carbocycles. The van der Waals surface area contributed by atoms with E-state index in [1.165, 1.54) is 0 Å². The smallest absolute Gasteiger partial charge is 0.310 e. The lowest BCUT2D eigenvalue weighted by Crippen LogP contribution is -2.10. The Labute approximate surface area is 118 Å². The molecule has 104 valence electrons. The molecule has 0 bridgehead atoms. The van der Waals surface area contributed by atoms with Gasteiger partial charge in [0, 0.05) is 0 Å². The highest BCUT2D eigenvalue weighted by Crippen LogP contribution is 2.23. The molecule has 0 aliphatic carbocycles. The highest BCUT2D eigenvalue weighted by atomic mass is 16.5. The van der Waals surface area contributed by atoms with Gasteiger partial charge in [0.25, 0.3) is 0 Å². The first-order chi connectivity index (χ1) is 9.70. The Bertz CT molecular complexity index is 546. The molecule has 0 aliphatic heterocycles. The normalized spacial score (nSPS) is 11.8. The summed E-state index contributed by atoms with van der Waals surface area (Å²) in [6.07, 6.45) is 0.583. The van der Waals surface area contributed by atoms with Crippen molar-refractivity contribution in [3.63, 3.8) is 0 Å². The first-order valence-electron chi connectivity index (χ1n) is 6.70. The number of carboxylic acids is 1. The predicted molar refractivity (Wildman–Crippen MR) is 77.9 cm³/mol. The van der Waals surface area contributed by atoms with Crippen molar-refractivity contribution in [2.45, 2.75) is 25.9 Å². The summed E-state index contributed by atoms with van der Waals surface area (Å²) in [6, 6.07) is 17.2. The Hall–Kier alpha value is -2.29. The van der Waals surface area contributed by atoms with Crippen molar-refractivity contribution in [1.82, 2.24) is 0 Å². The summed E-state index contributed by atoms with van der Waals surface area (Å²) in [5.41, 5.74) is 1.92. The summed E-state index contributed by atoms with van der Waals surface area (Å²) in [5, 5.41) is 9.12. The summed E-state index contributed by atoms with van der Waals surface area (Å²) in [5.74, 6) is -0.485. The second-order valence-electron chi connectivity index (χ2n) is 4.64. The first-order valence-corrected chi connectivity index (χ1v) is 6.70. The zero-order valence-corrected chi connectivity index (χ0v) is 11.5. The van der Waals surface area contributed by atoms with Gasteiger partial charge >= 0.3 is 5.97 Å². The molecule has 0 aromatic heterocycles. The van der Waals surface area contributed by atoms with E-state index in [1.54, 1.807) is 0 Å². The van der Waals surface area contributed by atoms with Gasteiger partial charge in [-0.2, -0.15) is 0 Å². The van der Waals surface area contributed by atoms with E-state index in [4.69, 9.17) is 9.84 Å². The van der Waals surface area contributed by atoms with Crippen LogP contribution in [0.25, 0.3) is 0 Å². The van der Waals surface area contributed by atoms with Gasteiger partial charge < -0.3 is 9.84 Å². The molecule has 0 aliphatic rings. The third-order valence-electron chi connectivity index (χ3n) is 3.24. The highest BCUT2D eigenvalue weighted by Gasteiger charge is 2.17. The molecule has 1 N–H and O–H groups in total. The van der Waals surface area contributed by atoms with Gasteiger partial charge in [-0.3, -0.25) is 4.79 Å². The van der Waals surface area contributed by atoms with Crippen molar-refractivity contribution in [2.24, 2.45) is 0 Å². The number of carboxylic acid groups (broad SMARTS) is 1. The van der Waals surface area contributed by atoms with Gasteiger partial charge in [0.05, 0.1) is 5.92 Å². The van der Waals surface area contributed by atoms with Crippen molar-refractivity contribution in [3.8, 4) is 5.75 Å². The van der Waals surface area contributed by atoms with E-state index in [1.807, 2.05) is 61.5 Å². The van der Waals surface area contributed by atoms with Crippen molar-refractivity contribution < 1.29 is 14.6 Å². The molecule has 20 heavy (non-hydrogen) atoms. The minimum absolute atomic E-state index is 0.446. The van der Waals surface area contributed by atoms with E-state index in [9.17, 15) is 4.79 Å². The number of hydrogen-bond donors (Lipinski definition) is 1. The predicted octanol–water partition coefficient (Wildman–Crippen LogP) is 3.84. The second-order valence-corrected chi connectivity index (χ2v) is 4.64. The molecule has 1 atom stereocenters. The lowest BCUT2D eigenvalue weighted by atomic mass is 9.97. The Morgan fingerprint density at radius 1 is 1.10 bits per heavy atom. The van der Waals surface area contributed by atoms with Crippen molar-refractivity contribution >= 4 is 5.97 Å². The van der Waals surface area contributed by atoms with Gasteiger partial charge in [0.1, 0.15) is 12.4 Å². The molecular formula is C17H18O3. The van der Waals surface area contributed by atoms with E-state index in [2.05, 4.69) is 0 Å². The van der Waals surface area contributed by atoms with Crippen LogP contribution in [0.15, 0.2) is 54.6 Å². The SMILES string of the molecule is CC[C@H](C(=O)O)c1ccc(OCc2ccccc2)cc1. The summed E-state index contributed by atoms with van der Waals surface area (Å²) >= 11 is 0. The summed E-state index contributed by atoms with van der Waals surface area (Å²) in [4.78, 5) is 11.1. The van der Waals surface area contributed by atoms with Crippen molar-refractivity contribution in [3.05, 3.63) is 65.7 Å². The van der Waals surface area contributed by atoms with Gasteiger partial charge in [-0.15, -0.1) is 0 Å². The van der Waals surface area contributed by atoms with Gasteiger partial charge in [0.15, 0.2) is 0 Å². The van der Waals surface area contributed by atoms with Crippen molar-refractivity contribution in [1.29, 1.82) is 0 Å². The van der Waals surface area contributed by atoms with Crippen LogP contribution < -0.4 is 4.74 Å². The highest BCUT2D eigenvalue weighted by molar-refractivity contribution is 5.76. The molecule has 0 saturated carbocycles. The van der Waals surface area contributed by atoms with Crippen LogP contribution in [0.3, 0.4) is 0 Å². The summed E-state index contributed by atoms with van der Waals surface area (Å²) in [7, 11) is 0. The zero-order valence-electron chi connectivity index (χ0n) is 11.5. The molecular weight excluding hydrogens is 252 g/mol. The number of carbonyl (C=O) groups is 1.